The van der Waals surface area contributed by atoms with Gasteiger partial charge in [0, 0.05) is 28.7 Å². The zero-order valence-electron chi connectivity index (χ0n) is 18.2. The average molecular weight is 475 g/mol. The van der Waals surface area contributed by atoms with E-state index in [-0.39, 0.29) is 10.5 Å². The minimum Gasteiger partial charge on any atom is -0.347 e. The monoisotopic (exact) mass is 474 g/mol. The van der Waals surface area contributed by atoms with Gasteiger partial charge in [-0.3, -0.25) is 4.79 Å². The van der Waals surface area contributed by atoms with E-state index in [1.807, 2.05) is 35.8 Å². The fourth-order valence-corrected chi connectivity index (χ4v) is 4.08. The Hall–Kier alpha value is -4.04. The Bertz CT molecular complexity index is 1530. The second kappa shape index (κ2) is 9.07. The predicted octanol–water partition coefficient (Wildman–Crippen LogP) is 5.20. The van der Waals surface area contributed by atoms with Crippen LogP contribution in [0.5, 0.6) is 0 Å². The Balaban J connectivity index is 1.42. The highest BCUT2D eigenvalue weighted by molar-refractivity contribution is 6.31. The molecule has 0 aliphatic rings. The van der Waals surface area contributed by atoms with Gasteiger partial charge in [-0.15, -0.1) is 0 Å². The van der Waals surface area contributed by atoms with Crippen molar-refractivity contribution in [1.82, 2.24) is 24.5 Å². The molecule has 3 heterocycles. The summed E-state index contributed by atoms with van der Waals surface area (Å²) in [6.07, 6.45) is 5.17. The Morgan fingerprint density at radius 1 is 1.18 bits per heavy atom. The number of rotatable bonds is 6. The summed E-state index contributed by atoms with van der Waals surface area (Å²) in [5, 5.41) is 3.93. The first-order valence-electron chi connectivity index (χ1n) is 10.6. The van der Waals surface area contributed by atoms with Crippen LogP contribution in [-0.2, 0) is 6.54 Å². The summed E-state index contributed by atoms with van der Waals surface area (Å²) in [6.45, 7) is 2.47. The number of fused-ring (bicyclic) bond motifs is 1. The van der Waals surface area contributed by atoms with Crippen LogP contribution in [0.4, 0.5) is 10.3 Å². The molecule has 0 aliphatic carbocycles. The molecule has 7 nitrogen and oxygen atoms in total. The first-order valence-corrected chi connectivity index (χ1v) is 11.0. The van der Waals surface area contributed by atoms with Crippen molar-refractivity contribution in [3.05, 3.63) is 106 Å². The lowest BCUT2D eigenvalue weighted by Gasteiger charge is -2.15. The van der Waals surface area contributed by atoms with Crippen molar-refractivity contribution in [1.29, 1.82) is 0 Å². The lowest BCUT2D eigenvalue weighted by molar-refractivity contribution is 0.636. The van der Waals surface area contributed by atoms with Crippen LogP contribution in [0.25, 0.3) is 22.3 Å². The molecule has 0 fully saturated rings. The summed E-state index contributed by atoms with van der Waals surface area (Å²) in [5.41, 5.74) is 2.82. The molecule has 34 heavy (non-hydrogen) atoms. The molecular formula is C25H20ClFN6O. The van der Waals surface area contributed by atoms with Crippen molar-refractivity contribution in [3.8, 4) is 11.4 Å². The molecule has 2 N–H and O–H groups in total. The third-order valence-electron chi connectivity index (χ3n) is 5.54. The number of imidazole rings is 1. The summed E-state index contributed by atoms with van der Waals surface area (Å²) in [7, 11) is 0. The maximum absolute atomic E-state index is 14.2. The van der Waals surface area contributed by atoms with Crippen LogP contribution < -0.4 is 10.9 Å². The first kappa shape index (κ1) is 21.8. The number of hydrogen-bond acceptors (Lipinski definition) is 5. The van der Waals surface area contributed by atoms with Crippen LogP contribution >= 0.6 is 11.6 Å². The largest absolute Gasteiger partial charge is 0.347 e. The summed E-state index contributed by atoms with van der Waals surface area (Å²) in [4.78, 5) is 28.4. The summed E-state index contributed by atoms with van der Waals surface area (Å²) >= 11 is 5.98. The Morgan fingerprint density at radius 3 is 2.82 bits per heavy atom. The first-order chi connectivity index (χ1) is 16.5. The number of halogens is 2. The second-order valence-corrected chi connectivity index (χ2v) is 8.37. The zero-order valence-corrected chi connectivity index (χ0v) is 18.9. The van der Waals surface area contributed by atoms with Gasteiger partial charge < -0.3 is 14.9 Å². The number of aromatic amines is 1. The highest BCUT2D eigenvalue weighted by atomic mass is 35.5. The third-order valence-corrected chi connectivity index (χ3v) is 5.75. The molecule has 170 valence electrons. The number of H-pyrrole nitrogens is 1. The van der Waals surface area contributed by atoms with Crippen LogP contribution in [0, 0.1) is 5.82 Å². The van der Waals surface area contributed by atoms with Gasteiger partial charge in [0.15, 0.2) is 0 Å². The quantitative estimate of drug-likeness (QED) is 0.353. The normalized spacial score (nSPS) is 12.1. The van der Waals surface area contributed by atoms with Crippen molar-refractivity contribution >= 4 is 28.5 Å². The van der Waals surface area contributed by atoms with E-state index in [0.717, 1.165) is 11.3 Å². The molecular weight excluding hydrogens is 455 g/mol. The molecule has 1 atom stereocenters. The van der Waals surface area contributed by atoms with E-state index < -0.39 is 17.4 Å². The van der Waals surface area contributed by atoms with Crippen molar-refractivity contribution in [2.45, 2.75) is 19.5 Å². The van der Waals surface area contributed by atoms with E-state index in [4.69, 9.17) is 11.6 Å². The van der Waals surface area contributed by atoms with E-state index in [9.17, 15) is 9.18 Å². The highest BCUT2D eigenvalue weighted by Gasteiger charge is 2.15. The number of benzene rings is 2. The Kier molecular flexibility index (Phi) is 5.81. The highest BCUT2D eigenvalue weighted by Crippen LogP contribution is 2.24. The lowest BCUT2D eigenvalue weighted by Crippen LogP contribution is -2.20. The van der Waals surface area contributed by atoms with Gasteiger partial charge in [-0.2, -0.15) is 0 Å². The molecule has 0 radical (unpaired) electrons. The van der Waals surface area contributed by atoms with E-state index >= 15 is 0 Å². The van der Waals surface area contributed by atoms with Crippen molar-refractivity contribution in [3.63, 3.8) is 0 Å². The molecule has 0 saturated heterocycles. The van der Waals surface area contributed by atoms with Gasteiger partial charge in [0.25, 0.3) is 5.56 Å². The van der Waals surface area contributed by atoms with Gasteiger partial charge in [0.2, 0.25) is 5.95 Å². The van der Waals surface area contributed by atoms with Crippen molar-refractivity contribution < 1.29 is 4.39 Å². The Labute approximate surface area is 199 Å². The minimum absolute atomic E-state index is 0.121. The average Bonchev–Trinajstić information content (AvgIpc) is 3.28. The SMILES string of the molecule is C[C@H](Nc1nccc(-c2cncn2Cc2ccccc2)n1)c1cc2cc(Cl)cc(F)c2[nH]c1=O. The fraction of sp³-hybridized carbons (Fsp3) is 0.120. The number of nitrogens with one attached hydrogen (secondary N) is 2. The van der Waals surface area contributed by atoms with Gasteiger partial charge in [-0.05, 0) is 36.8 Å². The van der Waals surface area contributed by atoms with E-state index in [1.165, 1.54) is 6.07 Å². The Morgan fingerprint density at radius 2 is 2.00 bits per heavy atom. The topological polar surface area (TPSA) is 88.5 Å². The minimum atomic E-state index is -0.574. The number of hydrogen-bond donors (Lipinski definition) is 2. The second-order valence-electron chi connectivity index (χ2n) is 7.93. The maximum atomic E-state index is 14.2. The van der Waals surface area contributed by atoms with Gasteiger partial charge in [0.1, 0.15) is 5.82 Å². The van der Waals surface area contributed by atoms with Gasteiger partial charge in [-0.1, -0.05) is 41.9 Å². The standard InChI is InChI=1S/C25H20ClFN6O/c1-15(19-10-17-9-18(26)11-20(27)23(17)32-24(19)34)30-25-29-8-7-21(31-25)22-12-28-14-33(22)13-16-5-3-2-4-6-16/h2-12,14-15H,13H2,1H3,(H,32,34)(H,29,30,31)/t15-/m0/s1. The molecule has 5 rings (SSSR count). The molecule has 2 aromatic carbocycles. The predicted molar refractivity (Wildman–Crippen MR) is 130 cm³/mol. The molecule has 0 unspecified atom stereocenters. The maximum Gasteiger partial charge on any atom is 0.253 e. The summed E-state index contributed by atoms with van der Waals surface area (Å²) in [6, 6.07) is 15.8. The van der Waals surface area contributed by atoms with Crippen LogP contribution in [0.2, 0.25) is 5.02 Å². The molecule has 0 spiro atoms. The molecule has 9 heteroatoms. The lowest BCUT2D eigenvalue weighted by atomic mass is 10.1. The van der Waals surface area contributed by atoms with Gasteiger partial charge in [0.05, 0.1) is 35.5 Å². The molecule has 0 aliphatic heterocycles. The molecule has 0 amide bonds. The van der Waals surface area contributed by atoms with Crippen LogP contribution in [0.3, 0.4) is 0 Å². The van der Waals surface area contributed by atoms with E-state index in [2.05, 4.69) is 37.4 Å². The van der Waals surface area contributed by atoms with Crippen molar-refractivity contribution in [2.24, 2.45) is 0 Å². The molecule has 0 bridgehead atoms. The molecule has 0 saturated carbocycles. The zero-order chi connectivity index (χ0) is 23.7. The summed E-state index contributed by atoms with van der Waals surface area (Å²) < 4.78 is 16.2. The number of pyridine rings is 1. The van der Waals surface area contributed by atoms with E-state index in [0.29, 0.717) is 29.1 Å². The van der Waals surface area contributed by atoms with Crippen LogP contribution in [0.15, 0.2) is 78.1 Å². The van der Waals surface area contributed by atoms with Gasteiger partial charge >= 0.3 is 0 Å². The summed E-state index contributed by atoms with van der Waals surface area (Å²) in [5.74, 6) is -0.218. The number of anilines is 1. The van der Waals surface area contributed by atoms with Crippen molar-refractivity contribution in [2.75, 3.05) is 5.32 Å². The van der Waals surface area contributed by atoms with E-state index in [1.54, 1.807) is 30.9 Å². The third kappa shape index (κ3) is 4.40. The van der Waals surface area contributed by atoms with Crippen LogP contribution in [0.1, 0.15) is 24.1 Å². The van der Waals surface area contributed by atoms with Crippen LogP contribution in [-0.4, -0.2) is 24.5 Å². The molecule has 5 aromatic rings. The fourth-order valence-electron chi connectivity index (χ4n) is 3.86. The number of nitrogens with zero attached hydrogens (tertiary/aromatic N) is 4. The smallest absolute Gasteiger partial charge is 0.253 e. The van der Waals surface area contributed by atoms with Gasteiger partial charge in [-0.25, -0.2) is 19.3 Å². The molecule has 3 aromatic heterocycles. The number of aromatic nitrogens is 5.